The summed E-state index contributed by atoms with van der Waals surface area (Å²) in [6.07, 6.45) is 6.27. The minimum absolute atomic E-state index is 0.481. The van der Waals surface area contributed by atoms with E-state index < -0.39 is 0 Å². The number of imidazole rings is 1. The van der Waals surface area contributed by atoms with Gasteiger partial charge in [0, 0.05) is 22.9 Å². The van der Waals surface area contributed by atoms with Gasteiger partial charge in [0.2, 0.25) is 5.89 Å². The Bertz CT molecular complexity index is 1450. The predicted octanol–water partition coefficient (Wildman–Crippen LogP) is 7.56. The zero-order valence-corrected chi connectivity index (χ0v) is 21.1. The van der Waals surface area contributed by atoms with Gasteiger partial charge in [-0.15, -0.1) is 10.2 Å². The molecule has 182 valence electrons. The van der Waals surface area contributed by atoms with E-state index in [1.54, 1.807) is 7.11 Å². The molecule has 1 saturated carbocycles. The molecule has 5 aromatic rings. The van der Waals surface area contributed by atoms with Gasteiger partial charge in [0.05, 0.1) is 18.1 Å². The number of nitrogens with zero attached hydrogens (tertiary/aromatic N) is 4. The first-order valence-electron chi connectivity index (χ1n) is 12.5. The van der Waals surface area contributed by atoms with E-state index in [2.05, 4.69) is 63.3 Å². The Hall–Kier alpha value is -3.58. The molecule has 0 aliphatic heterocycles. The van der Waals surface area contributed by atoms with Gasteiger partial charge in [0.25, 0.3) is 5.22 Å². The van der Waals surface area contributed by atoms with E-state index in [0.717, 1.165) is 39.5 Å². The van der Waals surface area contributed by atoms with E-state index in [4.69, 9.17) is 14.1 Å². The third kappa shape index (κ3) is 4.63. The van der Waals surface area contributed by atoms with Crippen LogP contribution in [0.1, 0.15) is 43.7 Å². The maximum absolute atomic E-state index is 6.00. The molecular weight excluding hydrogens is 468 g/mol. The van der Waals surface area contributed by atoms with E-state index in [0.29, 0.717) is 17.2 Å². The van der Waals surface area contributed by atoms with Gasteiger partial charge < -0.3 is 13.7 Å². The fourth-order valence-electron chi connectivity index (χ4n) is 4.98. The zero-order valence-electron chi connectivity index (χ0n) is 20.3. The van der Waals surface area contributed by atoms with E-state index in [1.807, 2.05) is 24.3 Å². The Morgan fingerprint density at radius 1 is 0.917 bits per heavy atom. The van der Waals surface area contributed by atoms with Crippen molar-refractivity contribution in [1.29, 1.82) is 0 Å². The highest BCUT2D eigenvalue weighted by molar-refractivity contribution is 7.98. The molecule has 0 atom stereocenters. The molecule has 0 bridgehead atoms. The number of ether oxygens (including phenoxy) is 1. The van der Waals surface area contributed by atoms with Crippen molar-refractivity contribution in [1.82, 2.24) is 19.7 Å². The molecule has 1 fully saturated rings. The number of thioether (sulfide) groups is 1. The van der Waals surface area contributed by atoms with Crippen molar-refractivity contribution in [2.24, 2.45) is 0 Å². The molecular formula is C29H28N4O2S. The summed E-state index contributed by atoms with van der Waals surface area (Å²) in [7, 11) is 1.67. The van der Waals surface area contributed by atoms with E-state index in [1.165, 1.54) is 49.4 Å². The molecule has 2 aromatic heterocycles. The van der Waals surface area contributed by atoms with Crippen LogP contribution in [0.25, 0.3) is 33.9 Å². The molecule has 7 heteroatoms. The van der Waals surface area contributed by atoms with Crippen LogP contribution in [0.5, 0.6) is 5.75 Å². The lowest BCUT2D eigenvalue weighted by Gasteiger charge is -2.25. The third-order valence-corrected chi connectivity index (χ3v) is 7.73. The van der Waals surface area contributed by atoms with Crippen LogP contribution < -0.4 is 4.74 Å². The summed E-state index contributed by atoms with van der Waals surface area (Å²) in [5.74, 6) is 3.15. The van der Waals surface area contributed by atoms with Crippen molar-refractivity contribution >= 4 is 22.8 Å². The molecule has 0 spiro atoms. The molecule has 36 heavy (non-hydrogen) atoms. The molecule has 0 N–H and O–H groups in total. The van der Waals surface area contributed by atoms with Crippen molar-refractivity contribution < 1.29 is 9.15 Å². The average molecular weight is 497 g/mol. The van der Waals surface area contributed by atoms with Gasteiger partial charge in [-0.3, -0.25) is 0 Å². The Kier molecular flexibility index (Phi) is 6.47. The zero-order chi connectivity index (χ0) is 24.3. The third-order valence-electron chi connectivity index (χ3n) is 6.84. The van der Waals surface area contributed by atoms with E-state index >= 15 is 0 Å². The lowest BCUT2D eigenvalue weighted by atomic mass is 9.95. The number of fused-ring (bicyclic) bond motifs is 1. The highest BCUT2D eigenvalue weighted by atomic mass is 32.2. The number of benzene rings is 3. The first kappa shape index (κ1) is 22.9. The minimum atomic E-state index is 0.481. The second-order valence-electron chi connectivity index (χ2n) is 9.18. The van der Waals surface area contributed by atoms with Crippen LogP contribution in [0.2, 0.25) is 0 Å². The topological polar surface area (TPSA) is 66.0 Å². The van der Waals surface area contributed by atoms with Crippen LogP contribution in [0.3, 0.4) is 0 Å². The first-order chi connectivity index (χ1) is 17.8. The Morgan fingerprint density at radius 2 is 1.72 bits per heavy atom. The van der Waals surface area contributed by atoms with Crippen molar-refractivity contribution in [3.05, 3.63) is 78.4 Å². The summed E-state index contributed by atoms with van der Waals surface area (Å²) < 4.78 is 13.7. The van der Waals surface area contributed by atoms with Gasteiger partial charge in [0.15, 0.2) is 0 Å². The Labute approximate surface area is 214 Å². The summed E-state index contributed by atoms with van der Waals surface area (Å²) in [6, 6.07) is 25.3. The minimum Gasteiger partial charge on any atom is -0.497 e. The smallest absolute Gasteiger partial charge is 0.277 e. The van der Waals surface area contributed by atoms with Crippen LogP contribution in [0, 0.1) is 0 Å². The van der Waals surface area contributed by atoms with Crippen LogP contribution in [-0.2, 0) is 5.75 Å². The molecule has 3 aromatic carbocycles. The molecule has 0 amide bonds. The van der Waals surface area contributed by atoms with Crippen molar-refractivity contribution in [3.8, 4) is 28.6 Å². The molecule has 6 nitrogen and oxygen atoms in total. The number of hydrogen-bond acceptors (Lipinski definition) is 6. The maximum atomic E-state index is 6.00. The quantitative estimate of drug-likeness (QED) is 0.217. The summed E-state index contributed by atoms with van der Waals surface area (Å²) in [4.78, 5) is 5.10. The lowest BCUT2D eigenvalue weighted by Crippen LogP contribution is -2.13. The Morgan fingerprint density at radius 3 is 2.50 bits per heavy atom. The number of methoxy groups -OCH3 is 1. The highest BCUT2D eigenvalue weighted by Crippen LogP contribution is 2.37. The largest absolute Gasteiger partial charge is 0.497 e. The van der Waals surface area contributed by atoms with Gasteiger partial charge in [-0.1, -0.05) is 73.5 Å². The molecule has 0 radical (unpaired) electrons. The second-order valence-corrected chi connectivity index (χ2v) is 10.1. The van der Waals surface area contributed by atoms with Gasteiger partial charge in [-0.25, -0.2) is 4.98 Å². The average Bonchev–Trinajstić information content (AvgIpc) is 3.58. The van der Waals surface area contributed by atoms with Crippen molar-refractivity contribution in [2.45, 2.75) is 49.1 Å². The second kappa shape index (κ2) is 10.2. The normalized spacial score (nSPS) is 14.4. The number of hydrogen-bond donors (Lipinski definition) is 0. The van der Waals surface area contributed by atoms with Crippen LogP contribution in [0.4, 0.5) is 0 Å². The van der Waals surface area contributed by atoms with Gasteiger partial charge in [-0.2, -0.15) is 0 Å². The van der Waals surface area contributed by atoms with Crippen LogP contribution >= 0.6 is 11.8 Å². The maximum Gasteiger partial charge on any atom is 0.277 e. The summed E-state index contributed by atoms with van der Waals surface area (Å²) in [5, 5.41) is 9.13. The van der Waals surface area contributed by atoms with Gasteiger partial charge in [-0.05, 0) is 48.7 Å². The molecule has 0 saturated heterocycles. The molecule has 0 unspecified atom stereocenters. The molecule has 1 aliphatic carbocycles. The molecule has 1 aliphatic rings. The lowest BCUT2D eigenvalue weighted by molar-refractivity contribution is 0.362. The SMILES string of the molecule is COc1ccc(CSc2nnc(-c3ccc4c(c3)nc(-c3ccccc3)n4C3CCCCC3)o2)cc1. The number of aromatic nitrogens is 4. The summed E-state index contributed by atoms with van der Waals surface area (Å²) >= 11 is 1.53. The van der Waals surface area contributed by atoms with Gasteiger partial charge >= 0.3 is 0 Å². The summed E-state index contributed by atoms with van der Waals surface area (Å²) in [6.45, 7) is 0. The fourth-order valence-corrected chi connectivity index (χ4v) is 5.70. The standard InChI is InChI=1S/C29H28N4O2S/c1-34-24-15-12-20(13-16-24)19-36-29-32-31-28(35-29)22-14-17-26-25(18-22)30-27(21-8-4-2-5-9-21)33(26)23-10-6-3-7-11-23/h2,4-5,8-9,12-18,23H,3,6-7,10-11,19H2,1H3. The van der Waals surface area contributed by atoms with Crippen LogP contribution in [-0.4, -0.2) is 26.9 Å². The Balaban J connectivity index is 1.28. The van der Waals surface area contributed by atoms with E-state index in [9.17, 15) is 0 Å². The highest BCUT2D eigenvalue weighted by Gasteiger charge is 2.23. The molecule has 2 heterocycles. The first-order valence-corrected chi connectivity index (χ1v) is 13.4. The summed E-state index contributed by atoms with van der Waals surface area (Å²) in [5.41, 5.74) is 5.33. The van der Waals surface area contributed by atoms with Crippen molar-refractivity contribution in [3.63, 3.8) is 0 Å². The van der Waals surface area contributed by atoms with Gasteiger partial charge in [0.1, 0.15) is 11.6 Å². The van der Waals surface area contributed by atoms with Crippen LogP contribution in [0.15, 0.2) is 82.4 Å². The van der Waals surface area contributed by atoms with Crippen molar-refractivity contribution in [2.75, 3.05) is 7.11 Å². The predicted molar refractivity (Wildman–Crippen MR) is 143 cm³/mol. The monoisotopic (exact) mass is 496 g/mol. The molecule has 6 rings (SSSR count). The van der Waals surface area contributed by atoms with E-state index in [-0.39, 0.29) is 0 Å². The number of rotatable bonds is 7. The fraction of sp³-hybridized carbons (Fsp3) is 0.276.